The third kappa shape index (κ3) is 3.40. The van der Waals surface area contributed by atoms with Crippen molar-refractivity contribution in [2.45, 2.75) is 25.9 Å². The topological polar surface area (TPSA) is 6.48 Å². The first-order valence-electron chi connectivity index (χ1n) is 8.02. The smallest absolute Gasteiger partial charge is 0.0227 e. The van der Waals surface area contributed by atoms with Crippen molar-refractivity contribution in [3.05, 3.63) is 69.8 Å². The molecule has 0 aromatic heterocycles. The van der Waals surface area contributed by atoms with Gasteiger partial charge in [-0.25, -0.2) is 0 Å². The molecular weight excluding hydrogens is 268 g/mol. The van der Waals surface area contributed by atoms with E-state index < -0.39 is 0 Å². The molecule has 0 amide bonds. The summed E-state index contributed by atoms with van der Waals surface area (Å²) in [7, 11) is 8.51. The number of hydrogen-bond acceptors (Lipinski definition) is 2. The Balaban J connectivity index is 1.86. The summed E-state index contributed by atoms with van der Waals surface area (Å²) in [6, 6.07) is 14.0. The summed E-state index contributed by atoms with van der Waals surface area (Å²) in [5.41, 5.74) is 8.83. The maximum Gasteiger partial charge on any atom is 0.0227 e. The molecule has 2 heteroatoms. The molecule has 0 unspecified atom stereocenters. The average molecular weight is 294 g/mol. The summed E-state index contributed by atoms with van der Waals surface area (Å²) in [5, 5.41) is 0. The number of hydrogen-bond donors (Lipinski definition) is 0. The van der Waals surface area contributed by atoms with Crippen LogP contribution in [0.5, 0.6) is 0 Å². The highest BCUT2D eigenvalue weighted by atomic mass is 15.1. The molecule has 0 saturated carbocycles. The van der Waals surface area contributed by atoms with Crippen molar-refractivity contribution in [2.75, 3.05) is 28.2 Å². The molecule has 0 bridgehead atoms. The molecule has 0 atom stereocenters. The highest BCUT2D eigenvalue weighted by Gasteiger charge is 2.16. The molecule has 0 fully saturated rings. The van der Waals surface area contributed by atoms with E-state index in [2.05, 4.69) is 74.4 Å². The van der Waals surface area contributed by atoms with Gasteiger partial charge in [0.15, 0.2) is 0 Å². The Morgan fingerprint density at radius 1 is 0.636 bits per heavy atom. The lowest BCUT2D eigenvalue weighted by atomic mass is 9.84. The second kappa shape index (κ2) is 6.23. The Kier molecular flexibility index (Phi) is 4.32. The average Bonchev–Trinajstić information content (AvgIpc) is 2.43. The van der Waals surface area contributed by atoms with Crippen molar-refractivity contribution in [1.82, 2.24) is 9.80 Å². The van der Waals surface area contributed by atoms with E-state index in [1.54, 1.807) is 0 Å². The minimum absolute atomic E-state index is 1.01. The lowest BCUT2D eigenvalue weighted by Crippen LogP contribution is -2.14. The number of rotatable bonds is 4. The maximum absolute atomic E-state index is 2.40. The number of nitrogens with zero attached hydrogens (tertiary/aromatic N) is 2. The van der Waals surface area contributed by atoms with Crippen molar-refractivity contribution in [3.63, 3.8) is 0 Å². The normalized spacial score (nSPS) is 13.4. The van der Waals surface area contributed by atoms with Crippen LogP contribution in [0.15, 0.2) is 36.4 Å². The minimum atomic E-state index is 1.01. The van der Waals surface area contributed by atoms with E-state index >= 15 is 0 Å². The summed E-state index contributed by atoms with van der Waals surface area (Å²) in [5.74, 6) is 0. The Morgan fingerprint density at radius 2 is 1.05 bits per heavy atom. The SMILES string of the molecule is CN(C)Cc1ccc2c(c1)Cc1cc(CN(C)C)ccc1C2. The minimum Gasteiger partial charge on any atom is -0.305 e. The molecular formula is C20H26N2. The van der Waals surface area contributed by atoms with E-state index in [4.69, 9.17) is 0 Å². The van der Waals surface area contributed by atoms with Gasteiger partial charge >= 0.3 is 0 Å². The quantitative estimate of drug-likeness (QED) is 0.728. The number of benzene rings is 2. The van der Waals surface area contributed by atoms with Gasteiger partial charge < -0.3 is 9.80 Å². The molecule has 2 nitrogen and oxygen atoms in total. The molecule has 2 aromatic rings. The zero-order valence-corrected chi connectivity index (χ0v) is 14.2. The van der Waals surface area contributed by atoms with Gasteiger partial charge in [0, 0.05) is 13.1 Å². The first-order chi connectivity index (χ1) is 10.5. The fraction of sp³-hybridized carbons (Fsp3) is 0.400. The summed E-state index contributed by atoms with van der Waals surface area (Å²) in [6.07, 6.45) is 2.16. The Hall–Kier alpha value is -1.64. The number of fused-ring (bicyclic) bond motifs is 2. The summed E-state index contributed by atoms with van der Waals surface area (Å²) in [6.45, 7) is 2.03. The van der Waals surface area contributed by atoms with Crippen LogP contribution in [0.2, 0.25) is 0 Å². The zero-order valence-electron chi connectivity index (χ0n) is 14.2. The predicted octanol–water partition coefficient (Wildman–Crippen LogP) is 3.30. The first-order valence-corrected chi connectivity index (χ1v) is 8.02. The molecule has 3 rings (SSSR count). The van der Waals surface area contributed by atoms with E-state index in [0.717, 1.165) is 25.9 Å². The van der Waals surface area contributed by atoms with Gasteiger partial charge in [-0.1, -0.05) is 36.4 Å². The molecule has 1 aliphatic carbocycles. The Labute approximate surface area is 134 Å². The van der Waals surface area contributed by atoms with E-state index in [1.165, 1.54) is 33.4 Å². The lowest BCUT2D eigenvalue weighted by Gasteiger charge is -2.22. The van der Waals surface area contributed by atoms with E-state index in [0.29, 0.717) is 0 Å². The second-order valence-electron chi connectivity index (χ2n) is 7.04. The van der Waals surface area contributed by atoms with Crippen LogP contribution in [0, 0.1) is 0 Å². The van der Waals surface area contributed by atoms with Crippen molar-refractivity contribution in [3.8, 4) is 0 Å². The fourth-order valence-corrected chi connectivity index (χ4v) is 3.37. The molecule has 22 heavy (non-hydrogen) atoms. The van der Waals surface area contributed by atoms with Crippen LogP contribution < -0.4 is 0 Å². The first kappa shape index (κ1) is 15.3. The van der Waals surface area contributed by atoms with Crippen molar-refractivity contribution < 1.29 is 0 Å². The molecule has 2 aromatic carbocycles. The van der Waals surface area contributed by atoms with Crippen LogP contribution in [0.4, 0.5) is 0 Å². The van der Waals surface area contributed by atoms with Gasteiger partial charge in [-0.3, -0.25) is 0 Å². The summed E-state index contributed by atoms with van der Waals surface area (Å²) < 4.78 is 0. The lowest BCUT2D eigenvalue weighted by molar-refractivity contribution is 0.402. The van der Waals surface area contributed by atoms with Gasteiger partial charge in [-0.2, -0.15) is 0 Å². The van der Waals surface area contributed by atoms with Gasteiger partial charge in [-0.15, -0.1) is 0 Å². The van der Waals surface area contributed by atoms with Crippen molar-refractivity contribution in [2.24, 2.45) is 0 Å². The molecule has 0 radical (unpaired) electrons. The van der Waals surface area contributed by atoms with Crippen molar-refractivity contribution in [1.29, 1.82) is 0 Å². The van der Waals surface area contributed by atoms with Crippen LogP contribution in [-0.4, -0.2) is 38.0 Å². The standard InChI is InChI=1S/C20H26N2/c1-21(2)13-15-5-7-17-11-18-8-6-16(14-22(3)4)10-20(18)12-19(17)9-15/h5-10H,11-14H2,1-4H3. The van der Waals surface area contributed by atoms with Crippen LogP contribution in [-0.2, 0) is 25.9 Å². The fourth-order valence-electron chi connectivity index (χ4n) is 3.37. The third-order valence-corrected chi connectivity index (χ3v) is 4.30. The summed E-state index contributed by atoms with van der Waals surface area (Å²) in [4.78, 5) is 4.46. The van der Waals surface area contributed by atoms with E-state index in [1.807, 2.05) is 0 Å². The summed E-state index contributed by atoms with van der Waals surface area (Å²) >= 11 is 0. The Morgan fingerprint density at radius 3 is 1.45 bits per heavy atom. The largest absolute Gasteiger partial charge is 0.305 e. The van der Waals surface area contributed by atoms with Gasteiger partial charge in [0.25, 0.3) is 0 Å². The van der Waals surface area contributed by atoms with E-state index in [-0.39, 0.29) is 0 Å². The van der Waals surface area contributed by atoms with Crippen molar-refractivity contribution >= 4 is 0 Å². The molecule has 0 saturated heterocycles. The zero-order chi connectivity index (χ0) is 15.7. The predicted molar refractivity (Wildman–Crippen MR) is 93.3 cm³/mol. The van der Waals surface area contributed by atoms with Crippen LogP contribution in [0.25, 0.3) is 0 Å². The monoisotopic (exact) mass is 294 g/mol. The van der Waals surface area contributed by atoms with Gasteiger partial charge in [-0.05, 0) is 74.4 Å². The highest BCUT2D eigenvalue weighted by Crippen LogP contribution is 2.29. The van der Waals surface area contributed by atoms with Gasteiger partial charge in [0.1, 0.15) is 0 Å². The van der Waals surface area contributed by atoms with Gasteiger partial charge in [0.05, 0.1) is 0 Å². The second-order valence-corrected chi connectivity index (χ2v) is 7.04. The van der Waals surface area contributed by atoms with Crippen LogP contribution in [0.3, 0.4) is 0 Å². The molecule has 1 aliphatic rings. The highest BCUT2D eigenvalue weighted by molar-refractivity contribution is 5.47. The van der Waals surface area contributed by atoms with Crippen LogP contribution >= 0.6 is 0 Å². The molecule has 116 valence electrons. The molecule has 0 aliphatic heterocycles. The molecule has 0 heterocycles. The molecule has 0 N–H and O–H groups in total. The Bertz CT molecular complexity index is 614. The third-order valence-electron chi connectivity index (χ3n) is 4.30. The van der Waals surface area contributed by atoms with E-state index in [9.17, 15) is 0 Å². The molecule has 0 spiro atoms. The van der Waals surface area contributed by atoms with Crippen LogP contribution in [0.1, 0.15) is 33.4 Å². The maximum atomic E-state index is 2.40. The van der Waals surface area contributed by atoms with Gasteiger partial charge in [0.2, 0.25) is 0 Å².